The van der Waals surface area contributed by atoms with E-state index in [2.05, 4.69) is 54.3 Å². The molecule has 1 N–H and O–H groups in total. The highest BCUT2D eigenvalue weighted by Crippen LogP contribution is 2.39. The van der Waals surface area contributed by atoms with Crippen LogP contribution >= 0.6 is 0 Å². The molecular formula is C35H53NO7. The van der Waals surface area contributed by atoms with E-state index in [0.717, 1.165) is 67.9 Å². The van der Waals surface area contributed by atoms with Crippen molar-refractivity contribution in [2.45, 2.75) is 83.4 Å². The van der Waals surface area contributed by atoms with Crippen molar-refractivity contribution in [1.82, 2.24) is 0 Å². The van der Waals surface area contributed by atoms with Crippen molar-refractivity contribution in [3.05, 3.63) is 59.2 Å². The van der Waals surface area contributed by atoms with E-state index in [1.807, 2.05) is 6.92 Å². The molecule has 2 aliphatic rings. The van der Waals surface area contributed by atoms with Crippen LogP contribution in [0.5, 0.6) is 5.75 Å². The maximum atomic E-state index is 9.81. The highest BCUT2D eigenvalue weighted by atomic mass is 16.5. The summed E-state index contributed by atoms with van der Waals surface area (Å²) >= 11 is 0. The molecule has 0 spiro atoms. The number of ether oxygens (including phenoxy) is 6. The lowest BCUT2D eigenvalue weighted by Crippen LogP contribution is -2.38. The molecule has 1 saturated carbocycles. The number of benzene rings is 2. The first-order valence-electron chi connectivity index (χ1n) is 16.0. The van der Waals surface area contributed by atoms with Crippen LogP contribution in [0.25, 0.3) is 0 Å². The Bertz CT molecular complexity index is 1060. The van der Waals surface area contributed by atoms with Gasteiger partial charge in [0.2, 0.25) is 0 Å². The monoisotopic (exact) mass is 599 g/mol. The SMILES string of the molecule is COCCCN1CCOc2ccc(CO[C@H]3CCC[C@@H](OCC[C@H](C)O)[C@@H]3c3ccc(COC[C@@H](C)COC)cc3)cc21. The third-order valence-electron chi connectivity index (χ3n) is 8.36. The van der Waals surface area contributed by atoms with Gasteiger partial charge in [-0.1, -0.05) is 37.3 Å². The minimum absolute atomic E-state index is 0.0346. The van der Waals surface area contributed by atoms with Crippen LogP contribution in [-0.2, 0) is 36.9 Å². The molecule has 1 fully saturated rings. The molecular weight excluding hydrogens is 546 g/mol. The van der Waals surface area contributed by atoms with Crippen molar-refractivity contribution in [1.29, 1.82) is 0 Å². The Morgan fingerprint density at radius 2 is 1.67 bits per heavy atom. The molecule has 43 heavy (non-hydrogen) atoms. The Morgan fingerprint density at radius 1 is 0.907 bits per heavy atom. The molecule has 8 nitrogen and oxygen atoms in total. The Labute approximate surface area is 258 Å². The lowest BCUT2D eigenvalue weighted by Gasteiger charge is -2.38. The van der Waals surface area contributed by atoms with E-state index in [-0.39, 0.29) is 24.2 Å². The van der Waals surface area contributed by atoms with Gasteiger partial charge in [0, 0.05) is 45.8 Å². The minimum atomic E-state index is -0.373. The number of hydrogen-bond donors (Lipinski definition) is 1. The summed E-state index contributed by atoms with van der Waals surface area (Å²) in [5.74, 6) is 1.42. The summed E-state index contributed by atoms with van der Waals surface area (Å²) < 4.78 is 35.5. The van der Waals surface area contributed by atoms with E-state index >= 15 is 0 Å². The summed E-state index contributed by atoms with van der Waals surface area (Å²) in [6.45, 7) is 10.2. The molecule has 0 unspecified atom stereocenters. The second-order valence-corrected chi connectivity index (χ2v) is 12.2. The fraction of sp³-hybridized carbons (Fsp3) is 0.657. The van der Waals surface area contributed by atoms with Crippen LogP contribution in [0.15, 0.2) is 42.5 Å². The van der Waals surface area contributed by atoms with Crippen molar-refractivity contribution < 1.29 is 33.5 Å². The van der Waals surface area contributed by atoms with Gasteiger partial charge in [0.25, 0.3) is 0 Å². The maximum absolute atomic E-state index is 9.81. The second-order valence-electron chi connectivity index (χ2n) is 12.2. The highest BCUT2D eigenvalue weighted by Gasteiger charge is 2.36. The van der Waals surface area contributed by atoms with Gasteiger partial charge in [0.1, 0.15) is 12.4 Å². The van der Waals surface area contributed by atoms with Gasteiger partial charge >= 0.3 is 0 Å². The quantitative estimate of drug-likeness (QED) is 0.218. The molecule has 2 aromatic carbocycles. The largest absolute Gasteiger partial charge is 0.490 e. The number of aliphatic hydroxyl groups excluding tert-OH is 1. The Morgan fingerprint density at radius 3 is 2.42 bits per heavy atom. The molecule has 5 atom stereocenters. The minimum Gasteiger partial charge on any atom is -0.490 e. The van der Waals surface area contributed by atoms with Crippen molar-refractivity contribution >= 4 is 5.69 Å². The van der Waals surface area contributed by atoms with Crippen LogP contribution < -0.4 is 9.64 Å². The summed E-state index contributed by atoms with van der Waals surface area (Å²) in [7, 11) is 3.47. The van der Waals surface area contributed by atoms with Crippen molar-refractivity contribution in [3.63, 3.8) is 0 Å². The summed E-state index contributed by atoms with van der Waals surface area (Å²) in [6.07, 6.45) is 4.34. The lowest BCUT2D eigenvalue weighted by molar-refractivity contribution is -0.0729. The highest BCUT2D eigenvalue weighted by molar-refractivity contribution is 5.61. The Balaban J connectivity index is 1.44. The number of methoxy groups -OCH3 is 2. The van der Waals surface area contributed by atoms with Crippen molar-refractivity contribution in [2.75, 3.05) is 65.2 Å². The van der Waals surface area contributed by atoms with Crippen LogP contribution in [0.4, 0.5) is 5.69 Å². The van der Waals surface area contributed by atoms with Gasteiger partial charge in [0.15, 0.2) is 0 Å². The molecule has 8 heteroatoms. The van der Waals surface area contributed by atoms with Crippen LogP contribution in [0.1, 0.15) is 68.6 Å². The summed E-state index contributed by atoms with van der Waals surface area (Å²) in [5.41, 5.74) is 4.66. The van der Waals surface area contributed by atoms with E-state index in [0.29, 0.717) is 52.0 Å². The number of aliphatic hydroxyl groups is 1. The number of anilines is 1. The zero-order valence-corrected chi connectivity index (χ0v) is 26.7. The standard InChI is InChI=1S/C35H53NO7/c1-26(22-39-4)23-40-24-28-9-12-30(13-10-28)35-33(41-19-15-27(2)37)7-5-8-34(35)43-25-29-11-14-32-31(21-29)36(17-20-42-32)16-6-18-38-3/h9-14,21,26-27,33-35,37H,5-8,15-20,22-25H2,1-4H3/t26-,27-,33+,34-,35-/m0/s1. The van der Waals surface area contributed by atoms with Gasteiger partial charge in [-0.25, -0.2) is 0 Å². The third kappa shape index (κ3) is 10.4. The lowest BCUT2D eigenvalue weighted by atomic mass is 9.79. The average Bonchev–Trinajstić information content (AvgIpc) is 3.01. The zero-order chi connectivity index (χ0) is 30.4. The van der Waals surface area contributed by atoms with E-state index in [9.17, 15) is 5.11 Å². The molecule has 0 bridgehead atoms. The third-order valence-corrected chi connectivity index (χ3v) is 8.36. The van der Waals surface area contributed by atoms with Gasteiger partial charge in [-0.15, -0.1) is 0 Å². The summed E-state index contributed by atoms with van der Waals surface area (Å²) in [6, 6.07) is 15.2. The number of rotatable bonds is 18. The topological polar surface area (TPSA) is 78.9 Å². The van der Waals surface area contributed by atoms with Gasteiger partial charge < -0.3 is 38.4 Å². The van der Waals surface area contributed by atoms with Crippen molar-refractivity contribution in [2.24, 2.45) is 5.92 Å². The first-order chi connectivity index (χ1) is 21.0. The normalized spacial score (nSPS) is 21.7. The van der Waals surface area contributed by atoms with E-state index in [4.69, 9.17) is 28.4 Å². The molecule has 0 aromatic heterocycles. The fourth-order valence-electron chi connectivity index (χ4n) is 6.10. The fourth-order valence-corrected chi connectivity index (χ4v) is 6.10. The Hall–Kier alpha value is -2.20. The zero-order valence-electron chi connectivity index (χ0n) is 26.7. The van der Waals surface area contributed by atoms with E-state index in [1.165, 1.54) is 5.56 Å². The Kier molecular flexibility index (Phi) is 14.1. The van der Waals surface area contributed by atoms with E-state index in [1.54, 1.807) is 14.2 Å². The predicted molar refractivity (Wildman–Crippen MR) is 169 cm³/mol. The van der Waals surface area contributed by atoms with Gasteiger partial charge in [-0.3, -0.25) is 0 Å². The molecule has 1 heterocycles. The molecule has 1 aliphatic carbocycles. The molecule has 240 valence electrons. The van der Waals surface area contributed by atoms with Gasteiger partial charge in [-0.2, -0.15) is 0 Å². The predicted octanol–water partition coefficient (Wildman–Crippen LogP) is 5.73. The molecule has 0 saturated heterocycles. The maximum Gasteiger partial charge on any atom is 0.142 e. The molecule has 2 aromatic rings. The number of hydrogen-bond acceptors (Lipinski definition) is 8. The van der Waals surface area contributed by atoms with Crippen LogP contribution in [0, 0.1) is 5.92 Å². The first-order valence-corrected chi connectivity index (χ1v) is 16.0. The second kappa shape index (κ2) is 17.9. The van der Waals surface area contributed by atoms with Gasteiger partial charge in [-0.05, 0) is 67.9 Å². The summed E-state index contributed by atoms with van der Waals surface area (Å²) in [5, 5.41) is 9.81. The molecule has 1 aliphatic heterocycles. The average molecular weight is 600 g/mol. The number of fused-ring (bicyclic) bond motifs is 1. The van der Waals surface area contributed by atoms with E-state index < -0.39 is 0 Å². The van der Waals surface area contributed by atoms with Crippen LogP contribution in [0.3, 0.4) is 0 Å². The first kappa shape index (κ1) is 33.7. The molecule has 0 radical (unpaired) electrons. The van der Waals surface area contributed by atoms with Crippen LogP contribution in [-0.4, -0.2) is 83.8 Å². The van der Waals surface area contributed by atoms with Crippen LogP contribution in [0.2, 0.25) is 0 Å². The number of nitrogens with zero attached hydrogens (tertiary/aromatic N) is 1. The molecule has 0 amide bonds. The molecule has 4 rings (SSSR count). The smallest absolute Gasteiger partial charge is 0.142 e. The van der Waals surface area contributed by atoms with Crippen molar-refractivity contribution in [3.8, 4) is 5.75 Å². The summed E-state index contributed by atoms with van der Waals surface area (Å²) in [4.78, 5) is 2.39. The van der Waals surface area contributed by atoms with Gasteiger partial charge in [0.05, 0.1) is 57.0 Å².